The third kappa shape index (κ3) is 3.98. The molecule has 0 bridgehead atoms. The molecule has 3 N–H and O–H groups in total. The predicted octanol–water partition coefficient (Wildman–Crippen LogP) is 2.33. The van der Waals surface area contributed by atoms with Crippen LogP contribution in [0.5, 0.6) is 11.5 Å². The zero-order chi connectivity index (χ0) is 14.7. The van der Waals surface area contributed by atoms with Crippen molar-refractivity contribution in [1.29, 1.82) is 0 Å². The lowest BCUT2D eigenvalue weighted by molar-refractivity contribution is -0.119. The zero-order valence-corrected chi connectivity index (χ0v) is 12.8. The highest BCUT2D eigenvalue weighted by Crippen LogP contribution is 2.33. The lowest BCUT2D eigenvalue weighted by Crippen LogP contribution is -2.23. The third-order valence-electron chi connectivity index (χ3n) is 3.58. The average Bonchev–Trinajstić information content (AvgIpc) is 2.86. The number of halogens is 2. The maximum atomic E-state index is 13.7. The highest BCUT2D eigenvalue weighted by molar-refractivity contribution is 5.94. The predicted molar refractivity (Wildman–Crippen MR) is 80.7 cm³/mol. The molecule has 1 aromatic rings. The van der Waals surface area contributed by atoms with Gasteiger partial charge in [-0.3, -0.25) is 4.79 Å². The number of nitrogens with one attached hydrogen (secondary N) is 1. The standard InChI is InChI=1S/C14H19FN2O3.ClH/c1-19-12-7-13(20-2)11(6-10(12)15)17-14(18)8-3-4-9(16)5-8;/h6-9H,3-5,16H2,1-2H3,(H,17,18);1H. The second kappa shape index (κ2) is 7.47. The Hall–Kier alpha value is -1.53. The van der Waals surface area contributed by atoms with Crippen LogP contribution >= 0.6 is 12.4 Å². The van der Waals surface area contributed by atoms with E-state index in [2.05, 4.69) is 5.32 Å². The SMILES string of the molecule is COc1cc(OC)c(NC(=O)C2CCC(N)C2)cc1F.Cl. The summed E-state index contributed by atoms with van der Waals surface area (Å²) in [4.78, 5) is 12.1. The fraction of sp³-hybridized carbons (Fsp3) is 0.500. The molecule has 2 atom stereocenters. The van der Waals surface area contributed by atoms with Crippen molar-refractivity contribution in [2.45, 2.75) is 25.3 Å². The first kappa shape index (κ1) is 17.5. The highest BCUT2D eigenvalue weighted by atomic mass is 35.5. The maximum Gasteiger partial charge on any atom is 0.227 e. The van der Waals surface area contributed by atoms with E-state index in [9.17, 15) is 9.18 Å². The van der Waals surface area contributed by atoms with Gasteiger partial charge in [0.15, 0.2) is 11.6 Å². The van der Waals surface area contributed by atoms with Crippen LogP contribution in [0.3, 0.4) is 0 Å². The van der Waals surface area contributed by atoms with Crippen LogP contribution < -0.4 is 20.5 Å². The molecule has 1 aromatic carbocycles. The van der Waals surface area contributed by atoms with Crippen molar-refractivity contribution in [3.8, 4) is 11.5 Å². The van der Waals surface area contributed by atoms with Gasteiger partial charge in [-0.2, -0.15) is 0 Å². The van der Waals surface area contributed by atoms with E-state index < -0.39 is 5.82 Å². The molecule has 0 spiro atoms. The number of carbonyl (C=O) groups is 1. The molecule has 1 aliphatic carbocycles. The average molecular weight is 319 g/mol. The summed E-state index contributed by atoms with van der Waals surface area (Å²) in [7, 11) is 2.82. The van der Waals surface area contributed by atoms with Gasteiger partial charge in [0.2, 0.25) is 5.91 Å². The van der Waals surface area contributed by atoms with Crippen LogP contribution in [-0.2, 0) is 4.79 Å². The fourth-order valence-corrected chi connectivity index (χ4v) is 2.45. The van der Waals surface area contributed by atoms with Crippen molar-refractivity contribution < 1.29 is 18.7 Å². The van der Waals surface area contributed by atoms with Gasteiger partial charge < -0.3 is 20.5 Å². The first-order chi connectivity index (χ1) is 9.55. The molecule has 0 heterocycles. The van der Waals surface area contributed by atoms with Crippen LogP contribution in [0.1, 0.15) is 19.3 Å². The van der Waals surface area contributed by atoms with E-state index in [-0.39, 0.29) is 36.0 Å². The Balaban J connectivity index is 0.00000220. The van der Waals surface area contributed by atoms with Crippen LogP contribution in [0.15, 0.2) is 12.1 Å². The molecule has 0 aliphatic heterocycles. The number of amides is 1. The Morgan fingerprint density at radius 1 is 1.29 bits per heavy atom. The van der Waals surface area contributed by atoms with Gasteiger partial charge >= 0.3 is 0 Å². The number of carbonyl (C=O) groups excluding carboxylic acids is 1. The number of hydrogen-bond acceptors (Lipinski definition) is 4. The van der Waals surface area contributed by atoms with Gasteiger partial charge in [0.1, 0.15) is 5.75 Å². The summed E-state index contributed by atoms with van der Waals surface area (Å²) in [6.45, 7) is 0. The summed E-state index contributed by atoms with van der Waals surface area (Å²) in [5.74, 6) is -0.394. The lowest BCUT2D eigenvalue weighted by atomic mass is 10.1. The topological polar surface area (TPSA) is 73.6 Å². The van der Waals surface area contributed by atoms with E-state index in [1.165, 1.54) is 26.4 Å². The van der Waals surface area contributed by atoms with Gasteiger partial charge in [-0.05, 0) is 19.3 Å². The Bertz CT molecular complexity index is 513. The number of rotatable bonds is 4. The van der Waals surface area contributed by atoms with Crippen LogP contribution in [0.4, 0.5) is 10.1 Å². The van der Waals surface area contributed by atoms with Gasteiger partial charge in [-0.25, -0.2) is 4.39 Å². The zero-order valence-electron chi connectivity index (χ0n) is 12.0. The van der Waals surface area contributed by atoms with Crippen LogP contribution in [-0.4, -0.2) is 26.2 Å². The molecule has 1 amide bonds. The third-order valence-corrected chi connectivity index (χ3v) is 3.58. The molecule has 1 aliphatic rings. The molecule has 2 rings (SSSR count). The smallest absolute Gasteiger partial charge is 0.227 e. The first-order valence-electron chi connectivity index (χ1n) is 6.53. The minimum atomic E-state index is -0.549. The molecular formula is C14H20ClFN2O3. The number of hydrogen-bond donors (Lipinski definition) is 2. The van der Waals surface area contributed by atoms with Gasteiger partial charge in [-0.1, -0.05) is 0 Å². The molecule has 1 saturated carbocycles. The molecule has 1 fully saturated rings. The van der Waals surface area contributed by atoms with E-state index in [1.54, 1.807) is 0 Å². The van der Waals surface area contributed by atoms with Crippen molar-refractivity contribution in [1.82, 2.24) is 0 Å². The summed E-state index contributed by atoms with van der Waals surface area (Å²) in [6.07, 6.45) is 2.26. The number of methoxy groups -OCH3 is 2. The van der Waals surface area contributed by atoms with Crippen LogP contribution in [0.2, 0.25) is 0 Å². The van der Waals surface area contributed by atoms with Gasteiger partial charge in [0, 0.05) is 24.1 Å². The normalized spacial score (nSPS) is 20.6. The van der Waals surface area contributed by atoms with Crippen LogP contribution in [0, 0.1) is 11.7 Å². The number of anilines is 1. The van der Waals surface area contributed by atoms with E-state index in [1.807, 2.05) is 0 Å². The van der Waals surface area contributed by atoms with Crippen molar-refractivity contribution in [3.63, 3.8) is 0 Å². The Labute approximate surface area is 129 Å². The van der Waals surface area contributed by atoms with E-state index in [0.717, 1.165) is 12.8 Å². The molecule has 0 aromatic heterocycles. The highest BCUT2D eigenvalue weighted by Gasteiger charge is 2.28. The molecule has 5 nitrogen and oxygen atoms in total. The largest absolute Gasteiger partial charge is 0.494 e. The molecule has 0 radical (unpaired) electrons. The summed E-state index contributed by atoms with van der Waals surface area (Å²) < 4.78 is 23.7. The summed E-state index contributed by atoms with van der Waals surface area (Å²) in [5.41, 5.74) is 6.10. The number of ether oxygens (including phenoxy) is 2. The number of benzene rings is 1. The lowest BCUT2D eigenvalue weighted by Gasteiger charge is -2.15. The second-order valence-electron chi connectivity index (χ2n) is 4.95. The van der Waals surface area contributed by atoms with E-state index in [0.29, 0.717) is 17.9 Å². The summed E-state index contributed by atoms with van der Waals surface area (Å²) >= 11 is 0. The quantitative estimate of drug-likeness (QED) is 0.893. The number of nitrogens with two attached hydrogens (primary N) is 1. The summed E-state index contributed by atoms with van der Waals surface area (Å²) in [5, 5.41) is 2.70. The Morgan fingerprint density at radius 2 is 1.95 bits per heavy atom. The van der Waals surface area contributed by atoms with Crippen LogP contribution in [0.25, 0.3) is 0 Å². The molecular weight excluding hydrogens is 299 g/mol. The minimum absolute atomic E-state index is 0. The van der Waals surface area contributed by atoms with Crippen molar-refractivity contribution in [2.24, 2.45) is 11.7 Å². The van der Waals surface area contributed by atoms with Gasteiger partial charge in [0.05, 0.1) is 19.9 Å². The molecule has 21 heavy (non-hydrogen) atoms. The van der Waals surface area contributed by atoms with E-state index >= 15 is 0 Å². The molecule has 7 heteroatoms. The van der Waals surface area contributed by atoms with Crippen molar-refractivity contribution in [2.75, 3.05) is 19.5 Å². The van der Waals surface area contributed by atoms with Gasteiger partial charge in [-0.15, -0.1) is 12.4 Å². The fourth-order valence-electron chi connectivity index (χ4n) is 2.45. The minimum Gasteiger partial charge on any atom is -0.494 e. The second-order valence-corrected chi connectivity index (χ2v) is 4.95. The molecule has 118 valence electrons. The van der Waals surface area contributed by atoms with Crippen molar-refractivity contribution >= 4 is 24.0 Å². The van der Waals surface area contributed by atoms with E-state index in [4.69, 9.17) is 15.2 Å². The first-order valence-corrected chi connectivity index (χ1v) is 6.53. The van der Waals surface area contributed by atoms with Crippen molar-refractivity contribution in [3.05, 3.63) is 17.9 Å². The summed E-state index contributed by atoms with van der Waals surface area (Å²) in [6, 6.07) is 2.68. The molecule has 0 saturated heterocycles. The Kier molecular flexibility index (Phi) is 6.23. The monoisotopic (exact) mass is 318 g/mol. The molecule has 2 unspecified atom stereocenters. The van der Waals surface area contributed by atoms with Gasteiger partial charge in [0.25, 0.3) is 0 Å². The Morgan fingerprint density at radius 3 is 2.48 bits per heavy atom. The maximum absolute atomic E-state index is 13.7.